The van der Waals surface area contributed by atoms with Gasteiger partial charge >= 0.3 is 5.97 Å². The highest BCUT2D eigenvalue weighted by atomic mass is 32.2. The van der Waals surface area contributed by atoms with Crippen LogP contribution in [-0.4, -0.2) is 19.5 Å². The van der Waals surface area contributed by atoms with E-state index in [1.807, 2.05) is 12.8 Å². The summed E-state index contributed by atoms with van der Waals surface area (Å²) in [6, 6.07) is 16.6. The van der Waals surface area contributed by atoms with Crippen LogP contribution in [0.25, 0.3) is 0 Å². The summed E-state index contributed by atoms with van der Waals surface area (Å²) in [5, 5.41) is 8.69. The van der Waals surface area contributed by atoms with E-state index in [2.05, 4.69) is 6.04 Å². The molecule has 5 nitrogen and oxygen atoms in total. The Morgan fingerprint density at radius 3 is 2.18 bits per heavy atom. The number of aryl methyl sites for hydroxylation is 1. The summed E-state index contributed by atoms with van der Waals surface area (Å²) in [5.74, 6) is 0.442. The van der Waals surface area contributed by atoms with E-state index in [1.165, 1.54) is 12.1 Å². The minimum atomic E-state index is -3.97. The third kappa shape index (κ3) is 3.45. The van der Waals surface area contributed by atoms with Crippen molar-refractivity contribution in [1.29, 1.82) is 0 Å². The van der Waals surface area contributed by atoms with Crippen LogP contribution >= 0.6 is 0 Å². The second kappa shape index (κ2) is 6.33. The summed E-state index contributed by atoms with van der Waals surface area (Å²) in [5.41, 5.74) is 1.19. The number of carbonyl (C=O) groups is 1. The average molecular weight is 315 g/mol. The van der Waals surface area contributed by atoms with Crippen LogP contribution in [0.15, 0.2) is 59.5 Å². The summed E-state index contributed by atoms with van der Waals surface area (Å²) in [6.45, 7) is 1.84. The van der Waals surface area contributed by atoms with Crippen molar-refractivity contribution in [3.63, 3.8) is 0 Å². The van der Waals surface area contributed by atoms with Gasteiger partial charge in [0.15, 0.2) is 0 Å². The highest BCUT2D eigenvalue weighted by Crippen LogP contribution is 2.22. The van der Waals surface area contributed by atoms with Crippen molar-refractivity contribution in [2.24, 2.45) is 0 Å². The third-order valence-corrected chi connectivity index (χ3v) is 4.46. The smallest absolute Gasteiger partial charge is 0.383 e. The second-order valence-corrected chi connectivity index (χ2v) is 6.25. The molecular weight excluding hydrogens is 302 g/mol. The van der Waals surface area contributed by atoms with E-state index in [1.54, 1.807) is 42.5 Å². The fourth-order valence-electron chi connectivity index (χ4n) is 1.74. The molecule has 0 radical (unpaired) electrons. The van der Waals surface area contributed by atoms with Crippen LogP contribution in [0.2, 0.25) is 0 Å². The maximum Gasteiger partial charge on any atom is 0.383 e. The van der Waals surface area contributed by atoms with E-state index in [4.69, 9.17) is 5.11 Å². The average Bonchev–Trinajstić information content (AvgIpc) is 2.48. The quantitative estimate of drug-likeness (QED) is 0.696. The number of carboxylic acids is 1. The standard InChI is InChI=1S/C16H13NO4S/c1-13-7-9-15(10-8-13)22(20,21)17(12-11-16(18)19)14-5-3-2-4-6-14/h2-10H,1H3,(H,18,19). The van der Waals surface area contributed by atoms with Crippen molar-refractivity contribution in [3.05, 3.63) is 60.2 Å². The molecule has 0 unspecified atom stereocenters. The van der Waals surface area contributed by atoms with Gasteiger partial charge in [-0.1, -0.05) is 35.9 Å². The fourth-order valence-corrected chi connectivity index (χ4v) is 3.00. The first-order valence-corrected chi connectivity index (χ1v) is 7.77. The number of para-hydroxylation sites is 1. The second-order valence-electron chi connectivity index (χ2n) is 4.46. The number of sulfonamides is 1. The molecular formula is C16H13NO4S. The van der Waals surface area contributed by atoms with Crippen LogP contribution < -0.4 is 4.31 Å². The number of rotatable bonds is 3. The first kappa shape index (κ1) is 15.6. The van der Waals surface area contributed by atoms with Crippen molar-refractivity contribution in [1.82, 2.24) is 0 Å². The Morgan fingerprint density at radius 2 is 1.64 bits per heavy atom. The Kier molecular flexibility index (Phi) is 4.49. The van der Waals surface area contributed by atoms with Crippen LogP contribution in [0.4, 0.5) is 5.69 Å². The Morgan fingerprint density at radius 1 is 1.05 bits per heavy atom. The molecule has 0 aromatic heterocycles. The van der Waals surface area contributed by atoms with Crippen molar-refractivity contribution < 1.29 is 18.3 Å². The van der Waals surface area contributed by atoms with Gasteiger partial charge in [-0.15, -0.1) is 0 Å². The van der Waals surface area contributed by atoms with Crippen LogP contribution in [-0.2, 0) is 14.8 Å². The molecule has 0 spiro atoms. The van der Waals surface area contributed by atoms with Crippen LogP contribution in [0.1, 0.15) is 5.56 Å². The minimum absolute atomic E-state index is 0.0432. The SMILES string of the molecule is Cc1ccc(S(=O)(=O)N(C#CC(=O)O)c2ccccc2)cc1. The monoisotopic (exact) mass is 315 g/mol. The molecule has 112 valence electrons. The number of carboxylic acid groups (broad SMARTS) is 1. The predicted molar refractivity (Wildman–Crippen MR) is 82.7 cm³/mol. The highest BCUT2D eigenvalue weighted by molar-refractivity contribution is 7.93. The third-order valence-electron chi connectivity index (χ3n) is 2.81. The molecule has 0 amide bonds. The lowest BCUT2D eigenvalue weighted by molar-refractivity contribution is -0.130. The first-order chi connectivity index (χ1) is 10.4. The number of benzene rings is 2. The van der Waals surface area contributed by atoms with E-state index < -0.39 is 16.0 Å². The zero-order valence-corrected chi connectivity index (χ0v) is 12.5. The lowest BCUT2D eigenvalue weighted by atomic mass is 10.2. The van der Waals surface area contributed by atoms with Gasteiger partial charge in [-0.2, -0.15) is 4.31 Å². The van der Waals surface area contributed by atoms with Gasteiger partial charge in [0.25, 0.3) is 10.0 Å². The van der Waals surface area contributed by atoms with Gasteiger partial charge in [0.2, 0.25) is 0 Å². The van der Waals surface area contributed by atoms with Crippen molar-refractivity contribution >= 4 is 21.7 Å². The number of nitrogens with zero attached hydrogens (tertiary/aromatic N) is 1. The molecule has 2 aromatic carbocycles. The summed E-state index contributed by atoms with van der Waals surface area (Å²) >= 11 is 0. The normalized spacial score (nSPS) is 10.4. The van der Waals surface area contributed by atoms with Gasteiger partial charge in [-0.05, 0) is 31.2 Å². The van der Waals surface area contributed by atoms with Crippen molar-refractivity contribution in [2.75, 3.05) is 4.31 Å². The molecule has 2 aromatic rings. The van der Waals surface area contributed by atoms with E-state index >= 15 is 0 Å². The lowest BCUT2D eigenvalue weighted by Crippen LogP contribution is -2.26. The Balaban J connectivity index is 2.56. The summed E-state index contributed by atoms with van der Waals surface area (Å²) in [6.07, 6.45) is 0. The number of anilines is 1. The molecule has 0 aliphatic heterocycles. The van der Waals surface area contributed by atoms with Gasteiger partial charge in [-0.3, -0.25) is 0 Å². The minimum Gasteiger partial charge on any atom is -0.472 e. The molecule has 6 heteroatoms. The van der Waals surface area contributed by atoms with E-state index in [0.717, 1.165) is 9.87 Å². The van der Waals surface area contributed by atoms with Gasteiger partial charge < -0.3 is 5.11 Å². The Hall–Kier alpha value is -2.78. The van der Waals surface area contributed by atoms with E-state index in [9.17, 15) is 13.2 Å². The zero-order valence-electron chi connectivity index (χ0n) is 11.7. The number of hydrogen-bond donors (Lipinski definition) is 1. The molecule has 0 saturated carbocycles. The topological polar surface area (TPSA) is 74.7 Å². The fraction of sp³-hybridized carbons (Fsp3) is 0.0625. The van der Waals surface area contributed by atoms with Crippen LogP contribution in [0.5, 0.6) is 0 Å². The molecule has 0 fully saturated rings. The number of aliphatic carboxylic acids is 1. The van der Waals surface area contributed by atoms with Crippen LogP contribution in [0.3, 0.4) is 0 Å². The summed E-state index contributed by atoms with van der Waals surface area (Å²) in [7, 11) is -3.97. The van der Waals surface area contributed by atoms with Gasteiger partial charge in [0.05, 0.1) is 10.6 Å². The van der Waals surface area contributed by atoms with Gasteiger partial charge in [-0.25, -0.2) is 13.2 Å². The molecule has 0 aliphatic carbocycles. The number of hydrogen-bond acceptors (Lipinski definition) is 3. The van der Waals surface area contributed by atoms with E-state index in [-0.39, 0.29) is 10.6 Å². The largest absolute Gasteiger partial charge is 0.472 e. The summed E-state index contributed by atoms with van der Waals surface area (Å²) in [4.78, 5) is 10.7. The molecule has 0 heterocycles. The van der Waals surface area contributed by atoms with E-state index in [0.29, 0.717) is 0 Å². The van der Waals surface area contributed by atoms with Crippen molar-refractivity contribution in [3.8, 4) is 12.0 Å². The molecule has 1 N–H and O–H groups in total. The lowest BCUT2D eigenvalue weighted by Gasteiger charge is -2.17. The summed E-state index contributed by atoms with van der Waals surface area (Å²) < 4.78 is 26.1. The van der Waals surface area contributed by atoms with Gasteiger partial charge in [0.1, 0.15) is 0 Å². The molecule has 0 atom stereocenters. The maximum absolute atomic E-state index is 12.7. The Bertz CT molecular complexity index is 831. The molecule has 0 saturated heterocycles. The Labute approximate surface area is 128 Å². The molecule has 0 aliphatic rings. The molecule has 2 rings (SSSR count). The zero-order chi connectivity index (χ0) is 16.2. The molecule has 0 bridgehead atoms. The first-order valence-electron chi connectivity index (χ1n) is 6.33. The highest BCUT2D eigenvalue weighted by Gasteiger charge is 2.23. The maximum atomic E-state index is 12.7. The van der Waals surface area contributed by atoms with Gasteiger partial charge in [0, 0.05) is 12.0 Å². The predicted octanol–water partition coefficient (Wildman–Crippen LogP) is 2.24. The van der Waals surface area contributed by atoms with Crippen molar-refractivity contribution in [2.45, 2.75) is 11.8 Å². The van der Waals surface area contributed by atoms with Crippen LogP contribution in [0, 0.1) is 18.9 Å². The molecule has 22 heavy (non-hydrogen) atoms.